The van der Waals surface area contributed by atoms with E-state index in [1.54, 1.807) is 6.92 Å². The number of aryl methyl sites for hydroxylation is 2. The number of rotatable bonds is 1. The molecule has 0 saturated heterocycles. The third-order valence-electron chi connectivity index (χ3n) is 2.81. The van der Waals surface area contributed by atoms with Crippen molar-refractivity contribution < 1.29 is 9.32 Å². The fraction of sp³-hybridized carbons (Fsp3) is 0.357. The zero-order valence-electron chi connectivity index (χ0n) is 10.9. The van der Waals surface area contributed by atoms with Crippen molar-refractivity contribution >= 4 is 5.78 Å². The number of hydrogen-bond donors (Lipinski definition) is 0. The summed E-state index contributed by atoms with van der Waals surface area (Å²) in [6, 6.07) is 5.70. The summed E-state index contributed by atoms with van der Waals surface area (Å²) in [5.74, 6) is 1.36. The summed E-state index contributed by atoms with van der Waals surface area (Å²) in [6.07, 6.45) is 1.43. The zero-order valence-corrected chi connectivity index (χ0v) is 10.9. The normalized spacial score (nSPS) is 12.9. The largest absolute Gasteiger partial charge is 0.339 e. The molecule has 1 aliphatic rings. The molecule has 1 aromatic carbocycles. The number of carbonyl (C=O) groups excluding carboxylic acids is 1. The second-order valence-electron chi connectivity index (χ2n) is 3.93. The van der Waals surface area contributed by atoms with Crippen molar-refractivity contribution in [2.24, 2.45) is 0 Å². The van der Waals surface area contributed by atoms with Crippen LogP contribution in [0.4, 0.5) is 0 Å². The van der Waals surface area contributed by atoms with Gasteiger partial charge in [-0.15, -0.1) is 0 Å². The third kappa shape index (κ3) is 2.18. The number of Topliss-reactive ketones (excluding diaryl/α,β-unsaturated/α-hetero) is 1. The lowest BCUT2D eigenvalue weighted by Gasteiger charge is -1.99. The van der Waals surface area contributed by atoms with Gasteiger partial charge in [0.1, 0.15) is 0 Å². The molecular formula is C14H16N2O2. The Labute approximate surface area is 106 Å². The molecule has 0 unspecified atom stereocenters. The first-order valence-corrected chi connectivity index (χ1v) is 6.21. The standard InChI is InChI=1S/C12H10N2O2.C2H6/c1-7-13-12(14-16-7)9-2-4-10-8(6-9)3-5-11(10)15;1-2/h2,4,6H,3,5H2,1H3;1-2H3. The van der Waals surface area contributed by atoms with E-state index in [-0.39, 0.29) is 5.78 Å². The number of carbonyl (C=O) groups is 1. The van der Waals surface area contributed by atoms with Crippen molar-refractivity contribution in [1.29, 1.82) is 0 Å². The Kier molecular flexibility index (Phi) is 3.55. The van der Waals surface area contributed by atoms with Gasteiger partial charge in [-0.05, 0) is 18.1 Å². The smallest absolute Gasteiger partial charge is 0.223 e. The summed E-state index contributed by atoms with van der Waals surface area (Å²) in [4.78, 5) is 15.6. The Morgan fingerprint density at radius 3 is 2.67 bits per heavy atom. The highest BCUT2D eigenvalue weighted by molar-refractivity contribution is 6.00. The van der Waals surface area contributed by atoms with Gasteiger partial charge in [-0.25, -0.2) is 0 Å². The van der Waals surface area contributed by atoms with Crippen LogP contribution in [0.15, 0.2) is 22.7 Å². The molecule has 0 atom stereocenters. The van der Waals surface area contributed by atoms with Gasteiger partial charge in [0.15, 0.2) is 5.78 Å². The minimum atomic E-state index is 0.228. The fourth-order valence-electron chi connectivity index (χ4n) is 2.01. The van der Waals surface area contributed by atoms with Crippen LogP contribution < -0.4 is 0 Å². The van der Waals surface area contributed by atoms with Gasteiger partial charge in [-0.2, -0.15) is 4.98 Å². The predicted octanol–water partition coefficient (Wildman–Crippen LogP) is 3.20. The molecule has 1 heterocycles. The Bertz CT molecular complexity index is 573. The highest BCUT2D eigenvalue weighted by Gasteiger charge is 2.20. The molecule has 0 radical (unpaired) electrons. The molecule has 0 bridgehead atoms. The molecule has 0 N–H and O–H groups in total. The predicted molar refractivity (Wildman–Crippen MR) is 68.5 cm³/mol. The van der Waals surface area contributed by atoms with Crippen LogP contribution in [0.2, 0.25) is 0 Å². The van der Waals surface area contributed by atoms with Crippen LogP contribution in [0, 0.1) is 6.92 Å². The summed E-state index contributed by atoms with van der Waals surface area (Å²) in [6.45, 7) is 5.76. The molecule has 4 nitrogen and oxygen atoms in total. The molecule has 94 valence electrons. The van der Waals surface area contributed by atoms with Crippen molar-refractivity contribution in [2.75, 3.05) is 0 Å². The number of benzene rings is 1. The lowest BCUT2D eigenvalue weighted by molar-refractivity contribution is 0.0994. The average Bonchev–Trinajstić information content (AvgIpc) is 2.99. The Morgan fingerprint density at radius 1 is 1.22 bits per heavy atom. The molecule has 0 amide bonds. The van der Waals surface area contributed by atoms with Gasteiger partial charge < -0.3 is 4.52 Å². The molecule has 3 rings (SSSR count). The van der Waals surface area contributed by atoms with Gasteiger partial charge in [0.2, 0.25) is 11.7 Å². The second-order valence-corrected chi connectivity index (χ2v) is 3.93. The Hall–Kier alpha value is -1.97. The summed E-state index contributed by atoms with van der Waals surface area (Å²) in [5, 5.41) is 3.86. The van der Waals surface area contributed by atoms with Gasteiger partial charge >= 0.3 is 0 Å². The van der Waals surface area contributed by atoms with Crippen molar-refractivity contribution in [1.82, 2.24) is 10.1 Å². The van der Waals surface area contributed by atoms with E-state index in [1.807, 2.05) is 32.0 Å². The molecule has 0 spiro atoms. The first-order valence-electron chi connectivity index (χ1n) is 6.21. The van der Waals surface area contributed by atoms with E-state index in [1.165, 1.54) is 0 Å². The zero-order chi connectivity index (χ0) is 13.1. The van der Waals surface area contributed by atoms with E-state index < -0.39 is 0 Å². The molecule has 2 aromatic rings. The molecule has 18 heavy (non-hydrogen) atoms. The lowest BCUT2D eigenvalue weighted by Crippen LogP contribution is -1.91. The lowest BCUT2D eigenvalue weighted by atomic mass is 10.1. The number of ketones is 1. The van der Waals surface area contributed by atoms with Gasteiger partial charge in [0.25, 0.3) is 0 Å². The van der Waals surface area contributed by atoms with Crippen molar-refractivity contribution in [3.05, 3.63) is 35.2 Å². The minimum absolute atomic E-state index is 0.228. The number of nitrogens with zero attached hydrogens (tertiary/aromatic N) is 2. The maximum absolute atomic E-state index is 11.5. The number of fused-ring (bicyclic) bond motifs is 1. The molecule has 0 fully saturated rings. The molecular weight excluding hydrogens is 228 g/mol. The average molecular weight is 244 g/mol. The molecule has 4 heteroatoms. The van der Waals surface area contributed by atoms with E-state index in [9.17, 15) is 4.79 Å². The van der Waals surface area contributed by atoms with Gasteiger partial charge in [0.05, 0.1) is 0 Å². The molecule has 0 aliphatic heterocycles. The van der Waals surface area contributed by atoms with E-state index in [4.69, 9.17) is 4.52 Å². The van der Waals surface area contributed by atoms with E-state index in [0.717, 1.165) is 23.1 Å². The third-order valence-corrected chi connectivity index (χ3v) is 2.81. The van der Waals surface area contributed by atoms with Gasteiger partial charge in [-0.3, -0.25) is 4.79 Å². The monoisotopic (exact) mass is 244 g/mol. The number of aromatic nitrogens is 2. The minimum Gasteiger partial charge on any atom is -0.339 e. The maximum atomic E-state index is 11.5. The highest BCUT2D eigenvalue weighted by atomic mass is 16.5. The number of hydrogen-bond acceptors (Lipinski definition) is 4. The van der Waals surface area contributed by atoms with Crippen LogP contribution in [0.3, 0.4) is 0 Å². The van der Waals surface area contributed by atoms with Crippen molar-refractivity contribution in [2.45, 2.75) is 33.6 Å². The van der Waals surface area contributed by atoms with E-state index >= 15 is 0 Å². The topological polar surface area (TPSA) is 56.0 Å². The highest BCUT2D eigenvalue weighted by Crippen LogP contribution is 2.26. The first-order chi connectivity index (χ1) is 8.74. The van der Waals surface area contributed by atoms with Crippen LogP contribution in [0.25, 0.3) is 11.4 Å². The van der Waals surface area contributed by atoms with Crippen LogP contribution in [-0.2, 0) is 6.42 Å². The first kappa shape index (κ1) is 12.5. The molecule has 1 aromatic heterocycles. The molecule has 1 aliphatic carbocycles. The molecule has 0 saturated carbocycles. The SMILES string of the molecule is CC.Cc1nc(-c2ccc3c(c2)CCC3=O)no1. The second kappa shape index (κ2) is 5.12. The maximum Gasteiger partial charge on any atom is 0.223 e. The van der Waals surface area contributed by atoms with Crippen LogP contribution in [0.1, 0.15) is 42.1 Å². The quantitative estimate of drug-likeness (QED) is 0.773. The summed E-state index contributed by atoms with van der Waals surface area (Å²) < 4.78 is 4.93. The fourth-order valence-corrected chi connectivity index (χ4v) is 2.01. The van der Waals surface area contributed by atoms with Crippen molar-refractivity contribution in [3.8, 4) is 11.4 Å². The van der Waals surface area contributed by atoms with E-state index in [2.05, 4.69) is 10.1 Å². The van der Waals surface area contributed by atoms with Crippen LogP contribution >= 0.6 is 0 Å². The van der Waals surface area contributed by atoms with Crippen LogP contribution in [-0.4, -0.2) is 15.9 Å². The summed E-state index contributed by atoms with van der Waals surface area (Å²) in [5.41, 5.74) is 2.83. The van der Waals surface area contributed by atoms with Gasteiger partial charge in [0, 0.05) is 24.5 Å². The summed E-state index contributed by atoms with van der Waals surface area (Å²) in [7, 11) is 0. The van der Waals surface area contributed by atoms with Crippen LogP contribution in [0.5, 0.6) is 0 Å². The van der Waals surface area contributed by atoms with Crippen molar-refractivity contribution in [3.63, 3.8) is 0 Å². The summed E-state index contributed by atoms with van der Waals surface area (Å²) >= 11 is 0. The van der Waals surface area contributed by atoms with E-state index in [0.29, 0.717) is 18.1 Å². The van der Waals surface area contributed by atoms with Gasteiger partial charge in [-0.1, -0.05) is 31.1 Å². The Morgan fingerprint density at radius 2 is 2.00 bits per heavy atom. The Balaban J connectivity index is 0.000000574.